The number of hydrogen-bond donors (Lipinski definition) is 1. The molecule has 0 bridgehead atoms. The van der Waals surface area contributed by atoms with Crippen molar-refractivity contribution in [3.63, 3.8) is 0 Å². The van der Waals surface area contributed by atoms with Gasteiger partial charge in [-0.2, -0.15) is 0 Å². The first-order valence-corrected chi connectivity index (χ1v) is 7.28. The number of aliphatic hydroxyl groups excluding tert-OH is 1. The molecule has 1 unspecified atom stereocenters. The molecule has 1 fully saturated rings. The zero-order valence-electron chi connectivity index (χ0n) is 10.1. The summed E-state index contributed by atoms with van der Waals surface area (Å²) in [5, 5.41) is 11.6. The molecule has 1 aromatic heterocycles. The fraction of sp³-hybridized carbons (Fsp3) is 0.400. The van der Waals surface area contributed by atoms with Crippen LogP contribution in [-0.4, -0.2) is 10.1 Å². The van der Waals surface area contributed by atoms with Crippen LogP contribution in [0.4, 0.5) is 0 Å². The van der Waals surface area contributed by atoms with Crippen LogP contribution < -0.4 is 0 Å². The normalized spacial score (nSPS) is 18.3. The zero-order chi connectivity index (χ0) is 12.5. The molecule has 1 aromatic carbocycles. The van der Waals surface area contributed by atoms with Gasteiger partial charge in [-0.25, -0.2) is 0 Å². The van der Waals surface area contributed by atoms with Gasteiger partial charge < -0.3 is 5.11 Å². The van der Waals surface area contributed by atoms with Crippen molar-refractivity contribution < 1.29 is 5.11 Å². The van der Waals surface area contributed by atoms with E-state index in [1.807, 2.05) is 24.3 Å². The smallest absolute Gasteiger partial charge is 0.0839 e. The van der Waals surface area contributed by atoms with Gasteiger partial charge in [0.1, 0.15) is 0 Å². The van der Waals surface area contributed by atoms with Gasteiger partial charge in [-0.3, -0.25) is 4.98 Å². The highest BCUT2D eigenvalue weighted by atomic mass is 79.9. The zero-order valence-corrected chi connectivity index (χ0v) is 11.7. The number of pyridine rings is 1. The van der Waals surface area contributed by atoms with Crippen molar-refractivity contribution in [3.8, 4) is 0 Å². The number of halogens is 1. The summed E-state index contributed by atoms with van der Waals surface area (Å²) in [6, 6.07) is 7.98. The van der Waals surface area contributed by atoms with E-state index in [0.717, 1.165) is 33.8 Å². The third kappa shape index (κ3) is 2.06. The fourth-order valence-electron chi connectivity index (χ4n) is 2.93. The molecule has 18 heavy (non-hydrogen) atoms. The molecule has 3 rings (SSSR count). The minimum atomic E-state index is -0.377. The van der Waals surface area contributed by atoms with Crippen molar-refractivity contribution in [1.82, 2.24) is 4.98 Å². The number of benzene rings is 1. The van der Waals surface area contributed by atoms with E-state index in [-0.39, 0.29) is 6.10 Å². The third-order valence-electron chi connectivity index (χ3n) is 3.91. The molecular formula is C15H16BrNO. The van der Waals surface area contributed by atoms with E-state index in [1.165, 1.54) is 12.8 Å². The van der Waals surface area contributed by atoms with Gasteiger partial charge in [0.25, 0.3) is 0 Å². The third-order valence-corrected chi connectivity index (χ3v) is 4.60. The number of aliphatic hydroxyl groups is 1. The molecule has 1 atom stereocenters. The molecule has 1 aliphatic carbocycles. The quantitative estimate of drug-likeness (QED) is 0.901. The van der Waals surface area contributed by atoms with Crippen LogP contribution in [0.15, 0.2) is 34.9 Å². The first-order valence-electron chi connectivity index (χ1n) is 6.48. The highest BCUT2D eigenvalue weighted by Crippen LogP contribution is 2.38. The van der Waals surface area contributed by atoms with E-state index < -0.39 is 0 Å². The maximum Gasteiger partial charge on any atom is 0.0839 e. The van der Waals surface area contributed by atoms with Gasteiger partial charge in [0.15, 0.2) is 0 Å². The van der Waals surface area contributed by atoms with Gasteiger partial charge in [0, 0.05) is 21.6 Å². The largest absolute Gasteiger partial charge is 0.388 e. The molecule has 0 aliphatic heterocycles. The first kappa shape index (κ1) is 12.1. The lowest BCUT2D eigenvalue weighted by Gasteiger charge is -2.19. The maximum atomic E-state index is 10.6. The van der Waals surface area contributed by atoms with Crippen LogP contribution in [0.2, 0.25) is 0 Å². The number of rotatable bonds is 2. The Morgan fingerprint density at radius 3 is 2.78 bits per heavy atom. The SMILES string of the molecule is OC(c1ccc(Br)c2cccnc12)C1CCCC1. The van der Waals surface area contributed by atoms with Crippen molar-refractivity contribution in [1.29, 1.82) is 0 Å². The summed E-state index contributed by atoms with van der Waals surface area (Å²) in [6.07, 6.45) is 6.15. The predicted molar refractivity (Wildman–Crippen MR) is 76.4 cm³/mol. The lowest BCUT2D eigenvalue weighted by molar-refractivity contribution is 0.113. The molecule has 0 amide bonds. The standard InChI is InChI=1S/C15H16BrNO/c16-13-8-7-12(14-11(13)6-3-9-17-14)15(18)10-4-1-2-5-10/h3,6-10,15,18H,1-2,4-5H2. The second-order valence-corrected chi connectivity index (χ2v) is 5.88. The van der Waals surface area contributed by atoms with E-state index >= 15 is 0 Å². The first-order chi connectivity index (χ1) is 8.77. The Morgan fingerprint density at radius 2 is 2.00 bits per heavy atom. The van der Waals surface area contributed by atoms with Crippen molar-refractivity contribution in [2.45, 2.75) is 31.8 Å². The Morgan fingerprint density at radius 1 is 1.22 bits per heavy atom. The predicted octanol–water partition coefficient (Wildman–Crippen LogP) is 4.22. The highest BCUT2D eigenvalue weighted by Gasteiger charge is 2.26. The molecule has 0 saturated heterocycles. The minimum absolute atomic E-state index is 0.377. The van der Waals surface area contributed by atoms with Crippen molar-refractivity contribution in [2.24, 2.45) is 5.92 Å². The topological polar surface area (TPSA) is 33.1 Å². The average molecular weight is 306 g/mol. The van der Waals surface area contributed by atoms with E-state index in [9.17, 15) is 5.11 Å². The number of aromatic nitrogens is 1. The molecule has 2 nitrogen and oxygen atoms in total. The second kappa shape index (κ2) is 4.98. The summed E-state index contributed by atoms with van der Waals surface area (Å²) in [6.45, 7) is 0. The lowest BCUT2D eigenvalue weighted by Crippen LogP contribution is -2.09. The Bertz CT molecular complexity index is 563. The molecular weight excluding hydrogens is 290 g/mol. The molecule has 1 aliphatic rings. The van der Waals surface area contributed by atoms with E-state index in [0.29, 0.717) is 5.92 Å². The number of hydrogen-bond acceptors (Lipinski definition) is 2. The van der Waals surface area contributed by atoms with Gasteiger partial charge in [-0.1, -0.05) is 40.9 Å². The summed E-state index contributed by atoms with van der Waals surface area (Å²) in [5.41, 5.74) is 1.90. The number of nitrogens with zero attached hydrogens (tertiary/aromatic N) is 1. The second-order valence-electron chi connectivity index (χ2n) is 5.03. The van der Waals surface area contributed by atoms with Crippen molar-refractivity contribution >= 4 is 26.8 Å². The Labute approximate surface area is 115 Å². The Balaban J connectivity index is 2.08. The average Bonchev–Trinajstić information content (AvgIpc) is 2.93. The summed E-state index contributed by atoms with van der Waals surface area (Å²) >= 11 is 3.54. The van der Waals surface area contributed by atoms with E-state index in [4.69, 9.17) is 0 Å². The minimum Gasteiger partial charge on any atom is -0.388 e. The van der Waals surface area contributed by atoms with Gasteiger partial charge in [-0.05, 0) is 30.9 Å². The Kier molecular flexibility index (Phi) is 3.35. The van der Waals surface area contributed by atoms with Crippen LogP contribution in [0.1, 0.15) is 37.4 Å². The van der Waals surface area contributed by atoms with Gasteiger partial charge in [0.2, 0.25) is 0 Å². The molecule has 1 saturated carbocycles. The molecule has 1 N–H and O–H groups in total. The van der Waals surface area contributed by atoms with Crippen LogP contribution in [0.3, 0.4) is 0 Å². The van der Waals surface area contributed by atoms with Gasteiger partial charge >= 0.3 is 0 Å². The lowest BCUT2D eigenvalue weighted by atomic mass is 9.93. The summed E-state index contributed by atoms with van der Waals surface area (Å²) in [5.74, 6) is 0.399. The van der Waals surface area contributed by atoms with Gasteiger partial charge in [0.05, 0.1) is 11.6 Å². The van der Waals surface area contributed by atoms with Crippen LogP contribution in [0.5, 0.6) is 0 Å². The fourth-order valence-corrected chi connectivity index (χ4v) is 3.38. The Hall–Kier alpha value is -0.930. The summed E-state index contributed by atoms with van der Waals surface area (Å²) in [4.78, 5) is 4.44. The molecule has 3 heteroatoms. The van der Waals surface area contributed by atoms with E-state index in [1.54, 1.807) is 6.20 Å². The van der Waals surface area contributed by atoms with E-state index in [2.05, 4.69) is 20.9 Å². The van der Waals surface area contributed by atoms with Crippen molar-refractivity contribution in [2.75, 3.05) is 0 Å². The maximum absolute atomic E-state index is 10.6. The van der Waals surface area contributed by atoms with Crippen LogP contribution >= 0.6 is 15.9 Å². The van der Waals surface area contributed by atoms with Crippen LogP contribution in [-0.2, 0) is 0 Å². The monoisotopic (exact) mass is 305 g/mol. The summed E-state index contributed by atoms with van der Waals surface area (Å²) < 4.78 is 1.04. The molecule has 94 valence electrons. The molecule has 1 heterocycles. The van der Waals surface area contributed by atoms with Crippen LogP contribution in [0, 0.1) is 5.92 Å². The van der Waals surface area contributed by atoms with Crippen molar-refractivity contribution in [3.05, 3.63) is 40.5 Å². The molecule has 2 aromatic rings. The molecule has 0 spiro atoms. The van der Waals surface area contributed by atoms with Crippen LogP contribution in [0.25, 0.3) is 10.9 Å². The van der Waals surface area contributed by atoms with Gasteiger partial charge in [-0.15, -0.1) is 0 Å². The number of fused-ring (bicyclic) bond motifs is 1. The summed E-state index contributed by atoms with van der Waals surface area (Å²) in [7, 11) is 0. The highest BCUT2D eigenvalue weighted by molar-refractivity contribution is 9.10. The molecule has 0 radical (unpaired) electrons.